The van der Waals surface area contributed by atoms with E-state index in [1.54, 1.807) is 0 Å². The van der Waals surface area contributed by atoms with Crippen molar-refractivity contribution in [3.05, 3.63) is 29.8 Å². The van der Waals surface area contributed by atoms with Gasteiger partial charge in [-0.05, 0) is 18.9 Å². The second-order valence-corrected chi connectivity index (χ2v) is 6.78. The molecule has 1 saturated heterocycles. The minimum atomic E-state index is -3.23. The van der Waals surface area contributed by atoms with Crippen LogP contribution in [-0.2, 0) is 9.84 Å². The Labute approximate surface area is 105 Å². The molecule has 1 aromatic rings. The molecule has 0 aliphatic carbocycles. The molecule has 2 unspecified atom stereocenters. The molecule has 5 nitrogen and oxygen atoms in total. The first-order valence-corrected chi connectivity index (χ1v) is 7.55. The average molecular weight is 273 g/mol. The lowest BCUT2D eigenvalue weighted by molar-refractivity contribution is 0.439. The molecule has 0 aromatic carbocycles. The standard InChI is InChI=1S/C11H16FN3O2S/c12-9-7-14-5-4-8(9)11(15-13)10-3-1-2-6-18(10,16)17/h4-5,7,10-11,15H,1-3,6,13H2. The highest BCUT2D eigenvalue weighted by Crippen LogP contribution is 2.31. The number of hydrogen-bond donors (Lipinski definition) is 2. The van der Waals surface area contributed by atoms with Gasteiger partial charge in [0.05, 0.1) is 23.2 Å². The topological polar surface area (TPSA) is 85.1 Å². The van der Waals surface area contributed by atoms with Gasteiger partial charge in [0.25, 0.3) is 0 Å². The summed E-state index contributed by atoms with van der Waals surface area (Å²) in [6.45, 7) is 0. The number of halogens is 1. The SMILES string of the molecule is NNC(c1ccncc1F)C1CCCCS1(=O)=O. The van der Waals surface area contributed by atoms with E-state index in [1.807, 2.05) is 0 Å². The van der Waals surface area contributed by atoms with E-state index in [1.165, 1.54) is 12.3 Å². The number of aromatic nitrogens is 1. The van der Waals surface area contributed by atoms with Crippen LogP contribution in [0.3, 0.4) is 0 Å². The maximum absolute atomic E-state index is 13.7. The number of sulfone groups is 1. The molecular weight excluding hydrogens is 257 g/mol. The van der Waals surface area contributed by atoms with Crippen LogP contribution in [0.4, 0.5) is 4.39 Å². The van der Waals surface area contributed by atoms with Gasteiger partial charge in [-0.1, -0.05) is 6.42 Å². The summed E-state index contributed by atoms with van der Waals surface area (Å²) in [5.41, 5.74) is 2.69. The Morgan fingerprint density at radius 1 is 1.50 bits per heavy atom. The first-order chi connectivity index (χ1) is 8.56. The number of hydrazine groups is 1. The molecule has 0 bridgehead atoms. The van der Waals surface area contributed by atoms with E-state index >= 15 is 0 Å². The number of nitrogens with two attached hydrogens (primary N) is 1. The largest absolute Gasteiger partial charge is 0.271 e. The Morgan fingerprint density at radius 2 is 2.28 bits per heavy atom. The number of nitrogens with zero attached hydrogens (tertiary/aromatic N) is 1. The summed E-state index contributed by atoms with van der Waals surface area (Å²) in [7, 11) is -3.23. The molecule has 1 fully saturated rings. The van der Waals surface area contributed by atoms with E-state index < -0.39 is 26.9 Å². The molecule has 3 N–H and O–H groups in total. The molecule has 1 aliphatic heterocycles. The second kappa shape index (κ2) is 5.29. The van der Waals surface area contributed by atoms with Gasteiger partial charge in [0, 0.05) is 11.8 Å². The summed E-state index contributed by atoms with van der Waals surface area (Å²) >= 11 is 0. The summed E-state index contributed by atoms with van der Waals surface area (Å²) in [6.07, 6.45) is 4.47. The zero-order valence-corrected chi connectivity index (χ0v) is 10.7. The van der Waals surface area contributed by atoms with Gasteiger partial charge >= 0.3 is 0 Å². The minimum absolute atomic E-state index is 0.141. The zero-order chi connectivity index (χ0) is 13.2. The van der Waals surface area contributed by atoms with Crippen molar-refractivity contribution < 1.29 is 12.8 Å². The molecule has 0 amide bonds. The lowest BCUT2D eigenvalue weighted by atomic mass is 10.0. The van der Waals surface area contributed by atoms with Crippen molar-refractivity contribution in [3.63, 3.8) is 0 Å². The quantitative estimate of drug-likeness (QED) is 0.625. The van der Waals surface area contributed by atoms with Gasteiger partial charge in [-0.3, -0.25) is 16.3 Å². The first-order valence-electron chi connectivity index (χ1n) is 5.83. The van der Waals surface area contributed by atoms with Gasteiger partial charge in [-0.2, -0.15) is 0 Å². The number of pyridine rings is 1. The molecule has 1 aromatic heterocycles. The minimum Gasteiger partial charge on any atom is -0.271 e. The molecule has 100 valence electrons. The molecule has 0 radical (unpaired) electrons. The van der Waals surface area contributed by atoms with Gasteiger partial charge < -0.3 is 0 Å². The summed E-state index contributed by atoms with van der Waals surface area (Å²) in [5.74, 6) is 5.02. The second-order valence-electron chi connectivity index (χ2n) is 4.44. The third-order valence-corrected chi connectivity index (χ3v) is 5.61. The third-order valence-electron chi connectivity index (χ3n) is 3.32. The van der Waals surface area contributed by atoms with E-state index in [0.717, 1.165) is 12.6 Å². The van der Waals surface area contributed by atoms with E-state index in [0.29, 0.717) is 12.8 Å². The number of hydrogen-bond acceptors (Lipinski definition) is 5. The molecule has 7 heteroatoms. The maximum atomic E-state index is 13.7. The Morgan fingerprint density at radius 3 is 2.89 bits per heavy atom. The monoisotopic (exact) mass is 273 g/mol. The Kier molecular flexibility index (Phi) is 3.94. The molecule has 0 saturated carbocycles. The molecule has 1 aliphatic rings. The Balaban J connectivity index is 2.37. The molecule has 2 atom stereocenters. The van der Waals surface area contributed by atoms with Gasteiger partial charge in [0.15, 0.2) is 9.84 Å². The van der Waals surface area contributed by atoms with Crippen LogP contribution in [0.5, 0.6) is 0 Å². The first kappa shape index (κ1) is 13.4. The Bertz CT molecular complexity index is 521. The molecular formula is C11H16FN3O2S. The predicted octanol–water partition coefficient (Wildman–Crippen LogP) is 0.692. The fourth-order valence-corrected chi connectivity index (χ4v) is 4.46. The Hall–Kier alpha value is -1.05. The maximum Gasteiger partial charge on any atom is 0.155 e. The van der Waals surface area contributed by atoms with E-state index in [4.69, 9.17) is 5.84 Å². The van der Waals surface area contributed by atoms with Crippen molar-refractivity contribution in [2.75, 3.05) is 5.75 Å². The van der Waals surface area contributed by atoms with Crippen LogP contribution in [0, 0.1) is 5.82 Å². The van der Waals surface area contributed by atoms with Crippen molar-refractivity contribution >= 4 is 9.84 Å². The number of nitrogens with one attached hydrogen (secondary N) is 1. The van der Waals surface area contributed by atoms with Crippen LogP contribution < -0.4 is 11.3 Å². The van der Waals surface area contributed by atoms with Crippen LogP contribution >= 0.6 is 0 Å². The molecule has 2 heterocycles. The molecule has 0 spiro atoms. The van der Waals surface area contributed by atoms with Crippen LogP contribution in [-0.4, -0.2) is 24.4 Å². The van der Waals surface area contributed by atoms with Gasteiger partial charge in [-0.25, -0.2) is 12.8 Å². The highest BCUT2D eigenvalue weighted by atomic mass is 32.2. The summed E-state index contributed by atoms with van der Waals surface area (Å²) < 4.78 is 37.7. The fourth-order valence-electron chi connectivity index (χ4n) is 2.39. The van der Waals surface area contributed by atoms with Crippen LogP contribution in [0.15, 0.2) is 18.5 Å². The van der Waals surface area contributed by atoms with Crippen LogP contribution in [0.2, 0.25) is 0 Å². The van der Waals surface area contributed by atoms with Crippen molar-refractivity contribution in [2.45, 2.75) is 30.6 Å². The van der Waals surface area contributed by atoms with Crippen molar-refractivity contribution in [3.8, 4) is 0 Å². The average Bonchev–Trinajstić information content (AvgIpc) is 2.34. The van der Waals surface area contributed by atoms with Crippen LogP contribution in [0.1, 0.15) is 30.9 Å². The summed E-state index contributed by atoms with van der Waals surface area (Å²) in [6, 6.07) is 0.738. The van der Waals surface area contributed by atoms with Gasteiger partial charge in [0.2, 0.25) is 0 Å². The van der Waals surface area contributed by atoms with E-state index in [9.17, 15) is 12.8 Å². The summed E-state index contributed by atoms with van der Waals surface area (Å²) in [5, 5.41) is -0.673. The smallest absolute Gasteiger partial charge is 0.155 e. The summed E-state index contributed by atoms with van der Waals surface area (Å²) in [4.78, 5) is 3.65. The normalized spacial score (nSPS) is 24.7. The van der Waals surface area contributed by atoms with E-state index in [-0.39, 0.29) is 11.3 Å². The predicted molar refractivity (Wildman–Crippen MR) is 65.7 cm³/mol. The lowest BCUT2D eigenvalue weighted by Crippen LogP contribution is -2.43. The lowest BCUT2D eigenvalue weighted by Gasteiger charge is -2.29. The number of rotatable bonds is 3. The van der Waals surface area contributed by atoms with E-state index in [2.05, 4.69) is 10.4 Å². The third kappa shape index (κ3) is 2.52. The molecule has 2 rings (SSSR count). The van der Waals surface area contributed by atoms with Gasteiger partial charge in [-0.15, -0.1) is 0 Å². The van der Waals surface area contributed by atoms with Gasteiger partial charge in [0.1, 0.15) is 5.82 Å². The molecule has 18 heavy (non-hydrogen) atoms. The highest BCUT2D eigenvalue weighted by molar-refractivity contribution is 7.92. The zero-order valence-electron chi connectivity index (χ0n) is 9.84. The fraction of sp³-hybridized carbons (Fsp3) is 0.545. The van der Waals surface area contributed by atoms with Crippen molar-refractivity contribution in [2.24, 2.45) is 5.84 Å². The van der Waals surface area contributed by atoms with Crippen molar-refractivity contribution in [1.82, 2.24) is 10.4 Å². The van der Waals surface area contributed by atoms with Crippen molar-refractivity contribution in [1.29, 1.82) is 0 Å². The van der Waals surface area contributed by atoms with Crippen LogP contribution in [0.25, 0.3) is 0 Å². The highest BCUT2D eigenvalue weighted by Gasteiger charge is 2.36.